The lowest BCUT2D eigenvalue weighted by Crippen LogP contribution is -2.31. The Morgan fingerprint density at radius 1 is 1.39 bits per heavy atom. The lowest BCUT2D eigenvalue weighted by Gasteiger charge is -2.23. The molecule has 0 unspecified atom stereocenters. The standard InChI is InChI=1S/C18H19NO2S2/c1-11(2)10-19-17(20)16(23-18(19)22)9-14-8-13-6-4-5-7-15(13)21-12(14)3/h4-9,11-12H,10H2,1-3H3/b16-9-/t12-/m1/s1. The molecule has 1 aromatic carbocycles. The minimum atomic E-state index is -0.0847. The van der Waals surface area contributed by atoms with Gasteiger partial charge in [-0.15, -0.1) is 0 Å². The van der Waals surface area contributed by atoms with Crippen molar-refractivity contribution in [3.63, 3.8) is 0 Å². The van der Waals surface area contributed by atoms with Crippen LogP contribution in [0.1, 0.15) is 26.3 Å². The van der Waals surface area contributed by atoms with E-state index in [-0.39, 0.29) is 12.0 Å². The molecule has 1 amide bonds. The Bertz CT molecular complexity index is 721. The van der Waals surface area contributed by atoms with Gasteiger partial charge in [0.15, 0.2) is 0 Å². The summed E-state index contributed by atoms with van der Waals surface area (Å²) in [6.45, 7) is 6.82. The normalized spacial score (nSPS) is 22.4. The number of para-hydroxylation sites is 1. The lowest BCUT2D eigenvalue weighted by molar-refractivity contribution is -0.122. The molecule has 0 bridgehead atoms. The van der Waals surface area contributed by atoms with Crippen molar-refractivity contribution < 1.29 is 9.53 Å². The molecule has 2 aliphatic rings. The molecule has 1 saturated heterocycles. The molecule has 23 heavy (non-hydrogen) atoms. The van der Waals surface area contributed by atoms with Gasteiger partial charge in [0.05, 0.1) is 4.91 Å². The molecule has 0 aliphatic carbocycles. The molecule has 1 aromatic rings. The molecule has 120 valence electrons. The third-order valence-electron chi connectivity index (χ3n) is 3.73. The lowest BCUT2D eigenvalue weighted by atomic mass is 10.0. The summed E-state index contributed by atoms with van der Waals surface area (Å²) in [5.41, 5.74) is 2.03. The first-order valence-corrected chi connectivity index (χ1v) is 8.91. The molecule has 1 fully saturated rings. The summed E-state index contributed by atoms with van der Waals surface area (Å²) >= 11 is 6.72. The van der Waals surface area contributed by atoms with E-state index in [9.17, 15) is 4.79 Å². The number of fused-ring (bicyclic) bond motifs is 1. The van der Waals surface area contributed by atoms with Gasteiger partial charge in [0, 0.05) is 12.1 Å². The first-order chi connectivity index (χ1) is 11.0. The number of ether oxygens (including phenoxy) is 1. The molecule has 5 heteroatoms. The van der Waals surface area contributed by atoms with E-state index in [0.29, 0.717) is 21.7 Å². The second-order valence-electron chi connectivity index (χ2n) is 6.13. The molecule has 2 heterocycles. The van der Waals surface area contributed by atoms with Crippen molar-refractivity contribution in [2.24, 2.45) is 5.92 Å². The highest BCUT2D eigenvalue weighted by molar-refractivity contribution is 8.26. The summed E-state index contributed by atoms with van der Waals surface area (Å²) in [5.74, 6) is 1.27. The maximum atomic E-state index is 12.6. The molecular formula is C18H19NO2S2. The zero-order valence-corrected chi connectivity index (χ0v) is 15.0. The molecule has 0 radical (unpaired) electrons. The summed E-state index contributed by atoms with van der Waals surface area (Å²) in [7, 11) is 0. The summed E-state index contributed by atoms with van der Waals surface area (Å²) in [6, 6.07) is 7.91. The van der Waals surface area contributed by atoms with Crippen molar-refractivity contribution in [1.29, 1.82) is 0 Å². The van der Waals surface area contributed by atoms with Crippen LogP contribution in [0.15, 0.2) is 40.8 Å². The van der Waals surface area contributed by atoms with Crippen molar-refractivity contribution in [2.45, 2.75) is 26.9 Å². The first kappa shape index (κ1) is 16.3. The van der Waals surface area contributed by atoms with Gasteiger partial charge in [-0.1, -0.05) is 56.0 Å². The Hall–Kier alpha value is -1.59. The quantitative estimate of drug-likeness (QED) is 0.605. The van der Waals surface area contributed by atoms with Gasteiger partial charge < -0.3 is 4.74 Å². The van der Waals surface area contributed by atoms with E-state index in [1.165, 1.54) is 11.8 Å². The van der Waals surface area contributed by atoms with E-state index < -0.39 is 0 Å². The summed E-state index contributed by atoms with van der Waals surface area (Å²) in [6.07, 6.45) is 3.91. The van der Waals surface area contributed by atoms with Crippen molar-refractivity contribution in [3.8, 4) is 5.75 Å². The number of hydrogen-bond acceptors (Lipinski definition) is 4. The highest BCUT2D eigenvalue weighted by Crippen LogP contribution is 2.35. The fourth-order valence-corrected chi connectivity index (χ4v) is 3.87. The predicted molar refractivity (Wildman–Crippen MR) is 99.3 cm³/mol. The number of thiocarbonyl (C=S) groups is 1. The highest BCUT2D eigenvalue weighted by Gasteiger charge is 2.33. The second kappa shape index (κ2) is 6.49. The third-order valence-corrected chi connectivity index (χ3v) is 5.11. The number of rotatable bonds is 3. The van der Waals surface area contributed by atoms with Crippen LogP contribution >= 0.6 is 24.0 Å². The fourth-order valence-electron chi connectivity index (χ4n) is 2.60. The van der Waals surface area contributed by atoms with Crippen LogP contribution in [0.5, 0.6) is 5.75 Å². The average Bonchev–Trinajstić information content (AvgIpc) is 2.75. The van der Waals surface area contributed by atoms with Gasteiger partial charge in [0.25, 0.3) is 5.91 Å². The number of nitrogens with zero attached hydrogens (tertiary/aromatic N) is 1. The van der Waals surface area contributed by atoms with Crippen molar-refractivity contribution in [2.75, 3.05) is 6.54 Å². The van der Waals surface area contributed by atoms with Crippen molar-refractivity contribution in [3.05, 3.63) is 46.4 Å². The van der Waals surface area contributed by atoms with Crippen LogP contribution in [0.3, 0.4) is 0 Å². The van der Waals surface area contributed by atoms with Crippen molar-refractivity contribution in [1.82, 2.24) is 4.90 Å². The van der Waals surface area contributed by atoms with Crippen LogP contribution in [0, 0.1) is 5.92 Å². The maximum absolute atomic E-state index is 12.6. The molecular weight excluding hydrogens is 326 g/mol. The van der Waals surface area contributed by atoms with Crippen LogP contribution in [0.25, 0.3) is 6.08 Å². The third kappa shape index (κ3) is 3.35. The Kier molecular flexibility index (Phi) is 4.60. The van der Waals surface area contributed by atoms with E-state index in [2.05, 4.69) is 19.9 Å². The molecule has 0 aromatic heterocycles. The molecule has 2 aliphatic heterocycles. The van der Waals surface area contributed by atoms with Crippen LogP contribution in [-0.2, 0) is 4.79 Å². The maximum Gasteiger partial charge on any atom is 0.266 e. The van der Waals surface area contributed by atoms with E-state index in [1.54, 1.807) is 4.90 Å². The summed E-state index contributed by atoms with van der Waals surface area (Å²) < 4.78 is 6.57. The zero-order valence-electron chi connectivity index (χ0n) is 13.4. The van der Waals surface area contributed by atoms with Gasteiger partial charge in [-0.2, -0.15) is 0 Å². The first-order valence-electron chi connectivity index (χ1n) is 7.68. The van der Waals surface area contributed by atoms with E-state index in [0.717, 1.165) is 16.9 Å². The number of amides is 1. The number of benzene rings is 1. The highest BCUT2D eigenvalue weighted by atomic mass is 32.2. The van der Waals surface area contributed by atoms with Crippen molar-refractivity contribution >= 4 is 40.3 Å². The Morgan fingerprint density at radius 3 is 2.87 bits per heavy atom. The van der Waals surface area contributed by atoms with Gasteiger partial charge in [-0.25, -0.2) is 0 Å². The summed E-state index contributed by atoms with van der Waals surface area (Å²) in [4.78, 5) is 14.9. The van der Waals surface area contributed by atoms with Gasteiger partial charge in [0.1, 0.15) is 16.2 Å². The molecule has 0 spiro atoms. The van der Waals surface area contributed by atoms with Gasteiger partial charge in [0.2, 0.25) is 0 Å². The van der Waals surface area contributed by atoms with Gasteiger partial charge in [-0.05, 0) is 36.6 Å². The number of thioether (sulfide) groups is 1. The number of carbonyl (C=O) groups is 1. The topological polar surface area (TPSA) is 29.5 Å². The average molecular weight is 345 g/mol. The number of hydrogen-bond donors (Lipinski definition) is 0. The van der Waals surface area contributed by atoms with E-state index >= 15 is 0 Å². The molecule has 3 rings (SSSR count). The predicted octanol–water partition coefficient (Wildman–Crippen LogP) is 4.25. The minimum Gasteiger partial charge on any atom is -0.485 e. The van der Waals surface area contributed by atoms with E-state index in [4.69, 9.17) is 17.0 Å². The van der Waals surface area contributed by atoms with Gasteiger partial charge >= 0.3 is 0 Å². The SMILES string of the molecule is CC(C)CN1C(=O)/C(=C/C2=Cc3ccccc3O[C@@H]2C)SC1=S. The van der Waals surface area contributed by atoms with E-state index in [1.807, 2.05) is 37.3 Å². The number of carbonyl (C=O) groups excluding carboxylic acids is 1. The molecule has 0 N–H and O–H groups in total. The van der Waals surface area contributed by atoms with Crippen LogP contribution < -0.4 is 4.74 Å². The van der Waals surface area contributed by atoms with Crippen LogP contribution in [0.4, 0.5) is 0 Å². The molecule has 1 atom stereocenters. The Labute approximate surface area is 146 Å². The smallest absolute Gasteiger partial charge is 0.266 e. The fraction of sp³-hybridized carbons (Fsp3) is 0.333. The summed E-state index contributed by atoms with van der Waals surface area (Å²) in [5, 5.41) is 0. The minimum absolute atomic E-state index is 0.000610. The van der Waals surface area contributed by atoms with Crippen LogP contribution in [0.2, 0.25) is 0 Å². The molecule has 0 saturated carbocycles. The van der Waals surface area contributed by atoms with Gasteiger partial charge in [-0.3, -0.25) is 9.69 Å². The Morgan fingerprint density at radius 2 is 2.13 bits per heavy atom. The zero-order chi connectivity index (χ0) is 16.6. The largest absolute Gasteiger partial charge is 0.485 e. The monoisotopic (exact) mass is 345 g/mol. The second-order valence-corrected chi connectivity index (χ2v) is 7.80. The van der Waals surface area contributed by atoms with Crippen LogP contribution in [-0.4, -0.2) is 27.8 Å². The Balaban J connectivity index is 1.89. The molecule has 3 nitrogen and oxygen atoms in total.